The zero-order chi connectivity index (χ0) is 10.4. The first kappa shape index (κ1) is 12.8. The number of hydrogen-bond donors (Lipinski definition) is 2. The number of aliphatic hydroxyl groups is 1. The highest BCUT2D eigenvalue weighted by molar-refractivity contribution is 8.76. The number of rotatable bonds is 6. The summed E-state index contributed by atoms with van der Waals surface area (Å²) < 4.78 is 0. The molecule has 2 atom stereocenters. The maximum Gasteiger partial charge on any atom is 0.306 e. The van der Waals surface area contributed by atoms with E-state index in [1.54, 1.807) is 6.26 Å². The number of ketones is 1. The van der Waals surface area contributed by atoms with Gasteiger partial charge in [0, 0.05) is 0 Å². The Kier molecular flexibility index (Phi) is 6.19. The number of carbonyl (C=O) groups excluding carboxylic acids is 1. The predicted molar refractivity (Wildman–Crippen MR) is 53.8 cm³/mol. The first-order chi connectivity index (χ1) is 5.99. The second-order valence-electron chi connectivity index (χ2n) is 2.46. The van der Waals surface area contributed by atoms with Crippen LogP contribution in [0.4, 0.5) is 0 Å². The van der Waals surface area contributed by atoms with Crippen molar-refractivity contribution in [3.8, 4) is 0 Å². The predicted octanol–water partition coefficient (Wildman–Crippen LogP) is 0.791. The maximum absolute atomic E-state index is 11.0. The molecule has 0 fully saturated rings. The number of hydrogen-bond acceptors (Lipinski definition) is 5. The zero-order valence-electron chi connectivity index (χ0n) is 7.39. The lowest BCUT2D eigenvalue weighted by atomic mass is 10.1. The van der Waals surface area contributed by atoms with E-state index in [1.165, 1.54) is 28.5 Å². The molecule has 2 N–H and O–H groups in total. The summed E-state index contributed by atoms with van der Waals surface area (Å²) in [5.74, 6) is -1.30. The monoisotopic (exact) mass is 224 g/mol. The molecule has 0 heterocycles. The molecule has 0 amide bonds. The summed E-state index contributed by atoms with van der Waals surface area (Å²) in [6, 6.07) is 0. The number of carbonyl (C=O) groups is 2. The molecule has 0 aliphatic rings. The lowest BCUT2D eigenvalue weighted by Crippen LogP contribution is -2.31. The molecule has 0 bridgehead atoms. The van der Waals surface area contributed by atoms with E-state index in [4.69, 9.17) is 5.11 Å². The number of carboxylic acids is 1. The molecule has 0 aromatic rings. The standard InChI is InChI=1S/C7H12O4S2/c1-4(8)7(13-12-2)5(9)3-6(10)11/h5,7,9H,3H2,1-2H3,(H,10,11). The third-order valence-corrected chi connectivity index (χ3v) is 3.58. The van der Waals surface area contributed by atoms with Crippen molar-refractivity contribution in [1.82, 2.24) is 0 Å². The van der Waals surface area contributed by atoms with E-state index < -0.39 is 23.7 Å². The number of carboxylic acid groups (broad SMARTS) is 1. The topological polar surface area (TPSA) is 74.6 Å². The normalized spacial score (nSPS) is 15.0. The summed E-state index contributed by atoms with van der Waals surface area (Å²) in [6.07, 6.45) is 0.277. The highest BCUT2D eigenvalue weighted by Crippen LogP contribution is 2.27. The molecule has 0 spiro atoms. The molecule has 0 aliphatic carbocycles. The molecule has 76 valence electrons. The van der Waals surface area contributed by atoms with Gasteiger partial charge < -0.3 is 10.2 Å². The Morgan fingerprint density at radius 1 is 1.46 bits per heavy atom. The van der Waals surface area contributed by atoms with Crippen LogP contribution in [0.25, 0.3) is 0 Å². The van der Waals surface area contributed by atoms with Crippen molar-refractivity contribution in [1.29, 1.82) is 0 Å². The summed E-state index contributed by atoms with van der Waals surface area (Å²) in [7, 11) is 2.52. The summed E-state index contributed by atoms with van der Waals surface area (Å²) in [5.41, 5.74) is 0. The summed E-state index contributed by atoms with van der Waals surface area (Å²) in [4.78, 5) is 21.2. The fourth-order valence-electron chi connectivity index (χ4n) is 0.792. The molecule has 0 rings (SSSR count). The van der Waals surface area contributed by atoms with Gasteiger partial charge in [-0.2, -0.15) is 0 Å². The minimum atomic E-state index is -1.10. The van der Waals surface area contributed by atoms with Crippen molar-refractivity contribution in [2.24, 2.45) is 0 Å². The third-order valence-electron chi connectivity index (χ3n) is 1.33. The van der Waals surface area contributed by atoms with Gasteiger partial charge in [0.2, 0.25) is 0 Å². The maximum atomic E-state index is 11.0. The summed E-state index contributed by atoms with van der Waals surface area (Å²) >= 11 is 0. The van der Waals surface area contributed by atoms with Crippen LogP contribution in [0.2, 0.25) is 0 Å². The van der Waals surface area contributed by atoms with Crippen LogP contribution in [-0.2, 0) is 9.59 Å². The fraction of sp³-hybridized carbons (Fsp3) is 0.714. The van der Waals surface area contributed by atoms with Crippen LogP contribution in [0.5, 0.6) is 0 Å². The molecule has 0 radical (unpaired) electrons. The van der Waals surface area contributed by atoms with Crippen molar-refractivity contribution in [3.63, 3.8) is 0 Å². The quantitative estimate of drug-likeness (QED) is 0.650. The van der Waals surface area contributed by atoms with Crippen molar-refractivity contribution in [2.45, 2.75) is 24.7 Å². The SMILES string of the molecule is CSSC(C(C)=O)C(O)CC(=O)O. The van der Waals surface area contributed by atoms with Gasteiger partial charge in [0.15, 0.2) is 0 Å². The van der Waals surface area contributed by atoms with Crippen LogP contribution >= 0.6 is 21.6 Å². The lowest BCUT2D eigenvalue weighted by molar-refractivity contribution is -0.139. The van der Waals surface area contributed by atoms with Crippen LogP contribution in [0.1, 0.15) is 13.3 Å². The molecular weight excluding hydrogens is 212 g/mol. The Hall–Kier alpha value is -0.200. The van der Waals surface area contributed by atoms with Gasteiger partial charge in [-0.15, -0.1) is 0 Å². The fourth-order valence-corrected chi connectivity index (χ4v) is 2.77. The summed E-state index contributed by atoms with van der Waals surface area (Å²) in [5, 5.41) is 17.1. The van der Waals surface area contributed by atoms with Gasteiger partial charge in [0.05, 0.1) is 17.8 Å². The number of aliphatic hydroxyl groups excluding tert-OH is 1. The largest absolute Gasteiger partial charge is 0.481 e. The number of aliphatic carboxylic acids is 1. The Bertz CT molecular complexity index is 195. The molecule has 0 aromatic heterocycles. The van der Waals surface area contributed by atoms with Crippen LogP contribution < -0.4 is 0 Å². The van der Waals surface area contributed by atoms with Gasteiger partial charge in [0.25, 0.3) is 0 Å². The summed E-state index contributed by atoms with van der Waals surface area (Å²) in [6.45, 7) is 1.35. The first-order valence-corrected chi connectivity index (χ1v) is 6.21. The highest BCUT2D eigenvalue weighted by Gasteiger charge is 2.26. The Labute approximate surface area is 84.5 Å². The van der Waals surface area contributed by atoms with Crippen molar-refractivity contribution in [2.75, 3.05) is 6.26 Å². The van der Waals surface area contributed by atoms with Crippen molar-refractivity contribution < 1.29 is 19.8 Å². The Morgan fingerprint density at radius 2 is 2.00 bits per heavy atom. The Morgan fingerprint density at radius 3 is 2.31 bits per heavy atom. The minimum absolute atomic E-state index is 0.201. The minimum Gasteiger partial charge on any atom is -0.481 e. The van der Waals surface area contributed by atoms with Gasteiger partial charge in [-0.1, -0.05) is 21.6 Å². The molecule has 0 saturated heterocycles. The van der Waals surface area contributed by atoms with Crippen LogP contribution in [-0.4, -0.2) is 39.6 Å². The molecule has 6 heteroatoms. The second-order valence-corrected chi connectivity index (χ2v) is 5.07. The molecule has 0 aromatic carbocycles. The van der Waals surface area contributed by atoms with Gasteiger partial charge in [-0.3, -0.25) is 9.59 Å². The van der Waals surface area contributed by atoms with Crippen LogP contribution in [0.3, 0.4) is 0 Å². The van der Waals surface area contributed by atoms with Gasteiger partial charge in [0.1, 0.15) is 5.78 Å². The molecular formula is C7H12O4S2. The molecule has 2 unspecified atom stereocenters. The van der Waals surface area contributed by atoms with E-state index in [0.717, 1.165) is 0 Å². The van der Waals surface area contributed by atoms with E-state index in [0.29, 0.717) is 0 Å². The van der Waals surface area contributed by atoms with Crippen molar-refractivity contribution in [3.05, 3.63) is 0 Å². The average molecular weight is 224 g/mol. The van der Waals surface area contributed by atoms with E-state index >= 15 is 0 Å². The molecule has 0 aliphatic heterocycles. The molecule has 13 heavy (non-hydrogen) atoms. The molecule has 4 nitrogen and oxygen atoms in total. The first-order valence-electron chi connectivity index (χ1n) is 3.58. The van der Waals surface area contributed by atoms with E-state index in [1.807, 2.05) is 0 Å². The number of Topliss-reactive ketones (excluding diaryl/α,β-unsaturated/α-hetero) is 1. The van der Waals surface area contributed by atoms with Crippen molar-refractivity contribution >= 4 is 33.3 Å². The van der Waals surface area contributed by atoms with Gasteiger partial charge >= 0.3 is 5.97 Å². The van der Waals surface area contributed by atoms with Crippen LogP contribution in [0, 0.1) is 0 Å². The van der Waals surface area contributed by atoms with E-state index in [2.05, 4.69) is 0 Å². The van der Waals surface area contributed by atoms with Gasteiger partial charge in [-0.25, -0.2) is 0 Å². The zero-order valence-corrected chi connectivity index (χ0v) is 9.02. The smallest absolute Gasteiger partial charge is 0.306 e. The third kappa shape index (κ3) is 5.17. The average Bonchev–Trinajstić information content (AvgIpc) is 1.97. The van der Waals surface area contributed by atoms with E-state index in [-0.39, 0.29) is 5.78 Å². The van der Waals surface area contributed by atoms with Gasteiger partial charge in [-0.05, 0) is 13.2 Å². The second kappa shape index (κ2) is 6.28. The highest BCUT2D eigenvalue weighted by atomic mass is 33.1. The Balaban J connectivity index is 4.18. The van der Waals surface area contributed by atoms with Crippen LogP contribution in [0.15, 0.2) is 0 Å². The molecule has 0 saturated carbocycles. The van der Waals surface area contributed by atoms with E-state index in [9.17, 15) is 14.7 Å². The lowest BCUT2D eigenvalue weighted by Gasteiger charge is -2.16.